The minimum atomic E-state index is -3.35. The number of sulfonamides is 1. The van der Waals surface area contributed by atoms with Crippen molar-refractivity contribution < 1.29 is 8.42 Å². The zero-order valence-corrected chi connectivity index (χ0v) is 12.6. The van der Waals surface area contributed by atoms with Crippen LogP contribution in [0.3, 0.4) is 0 Å². The fourth-order valence-corrected chi connectivity index (χ4v) is 4.48. The lowest BCUT2D eigenvalue weighted by molar-refractivity contribution is 0.316. The molecule has 1 aromatic rings. The molecule has 0 bridgehead atoms. The molecule has 1 saturated heterocycles. The van der Waals surface area contributed by atoms with Gasteiger partial charge in [-0.2, -0.15) is 4.31 Å². The lowest BCUT2D eigenvalue weighted by Gasteiger charge is -2.26. The molecule has 0 aliphatic carbocycles. The predicted molar refractivity (Wildman–Crippen MR) is 77.7 cm³/mol. The Balaban J connectivity index is 2.30. The van der Waals surface area contributed by atoms with Crippen molar-refractivity contribution in [2.45, 2.75) is 37.6 Å². The van der Waals surface area contributed by atoms with Crippen LogP contribution >= 0.6 is 0 Å². The Labute approximate surface area is 115 Å². The molecule has 0 saturated carbocycles. The molecular formula is C14H22N2O2S. The number of rotatable bonds is 4. The van der Waals surface area contributed by atoms with Gasteiger partial charge in [-0.1, -0.05) is 13.8 Å². The van der Waals surface area contributed by atoms with Gasteiger partial charge in [-0.05, 0) is 43.0 Å². The minimum absolute atomic E-state index is 0.133. The largest absolute Gasteiger partial charge is 0.388 e. The second-order valence-corrected chi connectivity index (χ2v) is 7.23. The Bertz CT molecular complexity index is 523. The van der Waals surface area contributed by atoms with Gasteiger partial charge in [-0.15, -0.1) is 0 Å². The van der Waals surface area contributed by atoms with E-state index in [2.05, 4.69) is 19.2 Å². The molecule has 19 heavy (non-hydrogen) atoms. The molecule has 1 atom stereocenters. The van der Waals surface area contributed by atoms with Gasteiger partial charge in [0, 0.05) is 25.3 Å². The van der Waals surface area contributed by atoms with E-state index in [0.717, 1.165) is 18.5 Å². The van der Waals surface area contributed by atoms with Crippen LogP contribution in [0.1, 0.15) is 26.7 Å². The van der Waals surface area contributed by atoms with Gasteiger partial charge in [0.25, 0.3) is 0 Å². The summed E-state index contributed by atoms with van der Waals surface area (Å²) in [6, 6.07) is 7.09. The van der Waals surface area contributed by atoms with Crippen molar-refractivity contribution in [3.8, 4) is 0 Å². The summed E-state index contributed by atoms with van der Waals surface area (Å²) in [6.45, 7) is 4.81. The summed E-state index contributed by atoms with van der Waals surface area (Å²) in [7, 11) is -1.53. The summed E-state index contributed by atoms with van der Waals surface area (Å²) >= 11 is 0. The van der Waals surface area contributed by atoms with Gasteiger partial charge >= 0.3 is 0 Å². The molecule has 1 aromatic carbocycles. The third-order valence-electron chi connectivity index (χ3n) is 3.77. The molecular weight excluding hydrogens is 260 g/mol. The van der Waals surface area contributed by atoms with Crippen molar-refractivity contribution >= 4 is 15.7 Å². The minimum Gasteiger partial charge on any atom is -0.388 e. The Morgan fingerprint density at radius 3 is 2.42 bits per heavy atom. The van der Waals surface area contributed by atoms with E-state index in [1.807, 2.05) is 7.05 Å². The van der Waals surface area contributed by atoms with Crippen LogP contribution in [0.4, 0.5) is 5.69 Å². The van der Waals surface area contributed by atoms with E-state index < -0.39 is 10.0 Å². The molecule has 106 valence electrons. The van der Waals surface area contributed by atoms with E-state index in [4.69, 9.17) is 0 Å². The van der Waals surface area contributed by atoms with Crippen LogP contribution in [0.2, 0.25) is 0 Å². The van der Waals surface area contributed by atoms with E-state index in [9.17, 15) is 8.42 Å². The molecule has 0 amide bonds. The van der Waals surface area contributed by atoms with E-state index in [-0.39, 0.29) is 6.04 Å². The smallest absolute Gasteiger partial charge is 0.243 e. The quantitative estimate of drug-likeness (QED) is 0.923. The van der Waals surface area contributed by atoms with Crippen LogP contribution in [-0.4, -0.2) is 32.4 Å². The summed E-state index contributed by atoms with van der Waals surface area (Å²) in [5.41, 5.74) is 0.917. The number of benzene rings is 1. The van der Waals surface area contributed by atoms with Crippen molar-refractivity contribution in [1.29, 1.82) is 0 Å². The maximum absolute atomic E-state index is 12.7. The maximum Gasteiger partial charge on any atom is 0.243 e. The van der Waals surface area contributed by atoms with Crippen LogP contribution < -0.4 is 5.32 Å². The van der Waals surface area contributed by atoms with Gasteiger partial charge in [-0.25, -0.2) is 8.42 Å². The van der Waals surface area contributed by atoms with Gasteiger partial charge < -0.3 is 5.32 Å². The third-order valence-corrected chi connectivity index (χ3v) is 5.71. The molecule has 0 spiro atoms. The van der Waals surface area contributed by atoms with Crippen LogP contribution in [-0.2, 0) is 10.0 Å². The van der Waals surface area contributed by atoms with Crippen molar-refractivity contribution in [1.82, 2.24) is 4.31 Å². The van der Waals surface area contributed by atoms with Gasteiger partial charge in [0.05, 0.1) is 4.90 Å². The number of hydrogen-bond donors (Lipinski definition) is 1. The first-order valence-electron chi connectivity index (χ1n) is 6.76. The van der Waals surface area contributed by atoms with Crippen molar-refractivity contribution in [3.63, 3.8) is 0 Å². The number of nitrogens with zero attached hydrogens (tertiary/aromatic N) is 1. The topological polar surface area (TPSA) is 49.4 Å². The zero-order valence-electron chi connectivity index (χ0n) is 11.8. The van der Waals surface area contributed by atoms with Gasteiger partial charge in [0.15, 0.2) is 0 Å². The van der Waals surface area contributed by atoms with Crippen molar-refractivity contribution in [3.05, 3.63) is 24.3 Å². The molecule has 1 aliphatic rings. The second kappa shape index (κ2) is 5.51. The first-order chi connectivity index (χ1) is 8.96. The Hall–Kier alpha value is -1.07. The second-order valence-electron chi connectivity index (χ2n) is 5.34. The fraction of sp³-hybridized carbons (Fsp3) is 0.571. The number of hydrogen-bond acceptors (Lipinski definition) is 3. The Morgan fingerprint density at radius 2 is 1.89 bits per heavy atom. The van der Waals surface area contributed by atoms with Crippen LogP contribution in [0.25, 0.3) is 0 Å². The van der Waals surface area contributed by atoms with E-state index >= 15 is 0 Å². The van der Waals surface area contributed by atoms with Crippen LogP contribution in [0.5, 0.6) is 0 Å². The average Bonchev–Trinajstić information content (AvgIpc) is 2.89. The molecule has 5 heteroatoms. The molecule has 2 rings (SSSR count). The highest BCUT2D eigenvalue weighted by molar-refractivity contribution is 7.89. The lowest BCUT2D eigenvalue weighted by atomic mass is 10.0. The van der Waals surface area contributed by atoms with E-state index in [0.29, 0.717) is 17.4 Å². The summed E-state index contributed by atoms with van der Waals surface area (Å²) < 4.78 is 27.0. The van der Waals surface area contributed by atoms with Gasteiger partial charge in [0.2, 0.25) is 10.0 Å². The lowest BCUT2D eigenvalue weighted by Crippen LogP contribution is -2.38. The SMILES string of the molecule is CNc1ccc(S(=O)(=O)N2CCCC2C(C)C)cc1. The summed E-state index contributed by atoms with van der Waals surface area (Å²) in [5, 5.41) is 2.99. The molecule has 1 N–H and O–H groups in total. The van der Waals surface area contributed by atoms with Crippen LogP contribution in [0.15, 0.2) is 29.2 Å². The monoisotopic (exact) mass is 282 g/mol. The molecule has 1 heterocycles. The molecule has 0 aromatic heterocycles. The van der Waals surface area contributed by atoms with Crippen LogP contribution in [0, 0.1) is 5.92 Å². The van der Waals surface area contributed by atoms with Gasteiger partial charge in [0.1, 0.15) is 0 Å². The highest BCUT2D eigenvalue weighted by Crippen LogP contribution is 2.30. The average molecular weight is 282 g/mol. The Kier molecular flexibility index (Phi) is 4.16. The highest BCUT2D eigenvalue weighted by atomic mass is 32.2. The molecule has 0 radical (unpaired) electrons. The number of anilines is 1. The fourth-order valence-electron chi connectivity index (χ4n) is 2.66. The summed E-state index contributed by atoms with van der Waals surface area (Å²) in [4.78, 5) is 0.388. The third kappa shape index (κ3) is 2.77. The predicted octanol–water partition coefficient (Wildman–Crippen LogP) is 2.54. The van der Waals surface area contributed by atoms with Crippen molar-refractivity contribution in [2.24, 2.45) is 5.92 Å². The molecule has 1 unspecified atom stereocenters. The summed E-state index contributed by atoms with van der Waals surface area (Å²) in [5.74, 6) is 0.355. The molecule has 1 fully saturated rings. The highest BCUT2D eigenvalue weighted by Gasteiger charge is 2.36. The normalized spacial score (nSPS) is 20.9. The maximum atomic E-state index is 12.7. The van der Waals surface area contributed by atoms with Gasteiger partial charge in [-0.3, -0.25) is 0 Å². The first-order valence-corrected chi connectivity index (χ1v) is 8.20. The zero-order chi connectivity index (χ0) is 14.0. The standard InChI is InChI=1S/C14H22N2O2S/c1-11(2)14-5-4-10-16(14)19(17,18)13-8-6-12(15-3)7-9-13/h6-9,11,14-15H,4-5,10H2,1-3H3. The van der Waals surface area contributed by atoms with Crippen molar-refractivity contribution in [2.75, 3.05) is 18.9 Å². The van der Waals surface area contributed by atoms with E-state index in [1.54, 1.807) is 28.6 Å². The Morgan fingerprint density at radius 1 is 1.26 bits per heavy atom. The number of nitrogens with one attached hydrogen (secondary N) is 1. The molecule has 4 nitrogen and oxygen atoms in total. The summed E-state index contributed by atoms with van der Waals surface area (Å²) in [6.07, 6.45) is 1.92. The first kappa shape index (κ1) is 14.3. The molecule has 1 aliphatic heterocycles. The van der Waals surface area contributed by atoms with E-state index in [1.165, 1.54) is 0 Å².